The number of ether oxygens (including phenoxy) is 1. The molecule has 0 saturated heterocycles. The van der Waals surface area contributed by atoms with E-state index in [1.165, 1.54) is 0 Å². The maximum atomic E-state index is 13.0. The lowest BCUT2D eigenvalue weighted by Crippen LogP contribution is -2.41. The van der Waals surface area contributed by atoms with Crippen molar-refractivity contribution in [3.05, 3.63) is 47.5 Å². The van der Waals surface area contributed by atoms with E-state index in [1.54, 1.807) is 7.11 Å². The van der Waals surface area contributed by atoms with E-state index in [2.05, 4.69) is 15.3 Å². The number of rotatable bonds is 5. The topological polar surface area (TPSA) is 78.1 Å². The molecule has 8 heteroatoms. The first-order valence-electron chi connectivity index (χ1n) is 9.41. The van der Waals surface area contributed by atoms with Crippen LogP contribution >= 0.6 is 0 Å². The zero-order chi connectivity index (χ0) is 19.8. The summed E-state index contributed by atoms with van der Waals surface area (Å²) in [6.07, 6.45) is 1.97. The highest BCUT2D eigenvalue weighted by Crippen LogP contribution is 2.30. The smallest absolute Gasteiger partial charge is 0.246 e. The second-order valence-electron chi connectivity index (χ2n) is 7.01. The normalized spacial score (nSPS) is 16.4. The molecule has 0 N–H and O–H groups in total. The summed E-state index contributed by atoms with van der Waals surface area (Å²) in [4.78, 5) is 14.9. The van der Waals surface area contributed by atoms with Crippen LogP contribution in [0.15, 0.2) is 30.5 Å². The first-order valence-corrected chi connectivity index (χ1v) is 9.41. The number of hydrogen-bond donors (Lipinski definition) is 0. The first-order chi connectivity index (χ1) is 13.5. The fourth-order valence-electron chi connectivity index (χ4n) is 3.63. The minimum Gasteiger partial charge on any atom is -0.497 e. The minimum absolute atomic E-state index is 0.0601. The summed E-state index contributed by atoms with van der Waals surface area (Å²) >= 11 is 0. The number of methoxy groups -OCH3 is 1. The Hall–Kier alpha value is -3.16. The van der Waals surface area contributed by atoms with Gasteiger partial charge >= 0.3 is 0 Å². The molecule has 2 aromatic heterocycles. The molecule has 1 aliphatic rings. The largest absolute Gasteiger partial charge is 0.497 e. The number of carbonyl (C=O) groups excluding carboxylic acids is 1. The average Bonchev–Trinajstić information content (AvgIpc) is 3.29. The van der Waals surface area contributed by atoms with Crippen molar-refractivity contribution in [1.29, 1.82) is 0 Å². The molecule has 28 heavy (non-hydrogen) atoms. The van der Waals surface area contributed by atoms with Gasteiger partial charge in [0, 0.05) is 19.3 Å². The molecule has 1 aromatic carbocycles. The predicted molar refractivity (Wildman–Crippen MR) is 104 cm³/mol. The molecular weight excluding hydrogens is 356 g/mol. The van der Waals surface area contributed by atoms with Crippen LogP contribution in [0, 0.1) is 6.92 Å². The maximum Gasteiger partial charge on any atom is 0.246 e. The van der Waals surface area contributed by atoms with Gasteiger partial charge in [-0.05, 0) is 38.5 Å². The molecule has 0 radical (unpaired) electrons. The van der Waals surface area contributed by atoms with Gasteiger partial charge in [0.15, 0.2) is 11.6 Å². The van der Waals surface area contributed by atoms with Gasteiger partial charge < -0.3 is 9.64 Å². The number of aromatic nitrogens is 5. The molecule has 0 bridgehead atoms. The number of aryl methyl sites for hydroxylation is 2. The molecule has 3 aromatic rings. The Kier molecular flexibility index (Phi) is 4.62. The second-order valence-corrected chi connectivity index (χ2v) is 7.01. The predicted octanol–water partition coefficient (Wildman–Crippen LogP) is 2.58. The second kappa shape index (κ2) is 7.10. The molecule has 0 saturated carbocycles. The van der Waals surface area contributed by atoms with Gasteiger partial charge in [-0.1, -0.05) is 12.1 Å². The van der Waals surface area contributed by atoms with Crippen LogP contribution in [0.3, 0.4) is 0 Å². The maximum absolute atomic E-state index is 13.0. The van der Waals surface area contributed by atoms with E-state index in [4.69, 9.17) is 4.74 Å². The van der Waals surface area contributed by atoms with Gasteiger partial charge in [-0.15, -0.1) is 10.2 Å². The number of nitrogens with zero attached hydrogens (tertiary/aromatic N) is 6. The third-order valence-electron chi connectivity index (χ3n) is 5.20. The van der Waals surface area contributed by atoms with Crippen molar-refractivity contribution < 1.29 is 9.53 Å². The zero-order valence-corrected chi connectivity index (χ0v) is 16.6. The Labute approximate surface area is 163 Å². The molecule has 1 aliphatic heterocycles. The molecule has 4 rings (SSSR count). The summed E-state index contributed by atoms with van der Waals surface area (Å²) in [6.45, 7) is 7.64. The van der Waals surface area contributed by atoms with Crippen molar-refractivity contribution in [1.82, 2.24) is 29.4 Å². The Morgan fingerprint density at radius 3 is 2.61 bits per heavy atom. The third kappa shape index (κ3) is 3.04. The van der Waals surface area contributed by atoms with Crippen LogP contribution in [0.5, 0.6) is 5.75 Å². The monoisotopic (exact) mass is 380 g/mol. The van der Waals surface area contributed by atoms with Crippen LogP contribution < -0.4 is 4.74 Å². The lowest BCUT2D eigenvalue weighted by atomic mass is 10.1. The summed E-state index contributed by atoms with van der Waals surface area (Å²) in [6, 6.07) is 7.40. The highest BCUT2D eigenvalue weighted by atomic mass is 16.5. The first kappa shape index (κ1) is 18.2. The van der Waals surface area contributed by atoms with E-state index in [-0.39, 0.29) is 11.9 Å². The third-order valence-corrected chi connectivity index (χ3v) is 5.20. The van der Waals surface area contributed by atoms with E-state index in [0.29, 0.717) is 18.9 Å². The molecule has 0 spiro atoms. The van der Waals surface area contributed by atoms with E-state index in [1.807, 2.05) is 65.4 Å². The van der Waals surface area contributed by atoms with Gasteiger partial charge in [0.2, 0.25) is 5.91 Å². The highest BCUT2D eigenvalue weighted by molar-refractivity contribution is 5.82. The van der Waals surface area contributed by atoms with Crippen molar-refractivity contribution in [2.24, 2.45) is 0 Å². The van der Waals surface area contributed by atoms with E-state index in [0.717, 1.165) is 34.9 Å². The molecule has 1 atom stereocenters. The van der Waals surface area contributed by atoms with E-state index < -0.39 is 0 Å². The molecule has 3 heterocycles. The van der Waals surface area contributed by atoms with Crippen LogP contribution in [-0.4, -0.2) is 42.5 Å². The van der Waals surface area contributed by atoms with Crippen LogP contribution in [0.1, 0.15) is 37.0 Å². The van der Waals surface area contributed by atoms with Crippen LogP contribution in [0.4, 0.5) is 0 Å². The van der Waals surface area contributed by atoms with Gasteiger partial charge in [-0.25, -0.2) is 0 Å². The molecular formula is C20H24N6O2. The highest BCUT2D eigenvalue weighted by Gasteiger charge is 2.34. The molecule has 0 unspecified atom stereocenters. The molecule has 146 valence electrons. The summed E-state index contributed by atoms with van der Waals surface area (Å²) in [5.41, 5.74) is 2.86. The van der Waals surface area contributed by atoms with Crippen molar-refractivity contribution in [2.45, 2.75) is 46.4 Å². The van der Waals surface area contributed by atoms with Crippen LogP contribution in [-0.2, 0) is 24.4 Å². The summed E-state index contributed by atoms with van der Waals surface area (Å²) < 4.78 is 9.01. The van der Waals surface area contributed by atoms with Crippen molar-refractivity contribution in [3.63, 3.8) is 0 Å². The van der Waals surface area contributed by atoms with Crippen LogP contribution in [0.2, 0.25) is 0 Å². The Morgan fingerprint density at radius 1 is 1.21 bits per heavy atom. The lowest BCUT2D eigenvalue weighted by molar-refractivity contribution is -0.137. The number of benzene rings is 1. The minimum atomic E-state index is -0.364. The van der Waals surface area contributed by atoms with Crippen molar-refractivity contribution in [3.8, 4) is 17.1 Å². The van der Waals surface area contributed by atoms with Gasteiger partial charge in [0.25, 0.3) is 0 Å². The Bertz CT molecular complexity index is 1000. The number of fused-ring (bicyclic) bond motifs is 1. The SMILES string of the molecule is CCn1cc(-c2nnc3n2[C@@H](C)C(=O)N(Cc2ccc(OC)cc2)C3)c(C)n1. The number of hydrogen-bond acceptors (Lipinski definition) is 5. The average molecular weight is 380 g/mol. The zero-order valence-electron chi connectivity index (χ0n) is 16.6. The molecule has 0 aliphatic carbocycles. The molecule has 8 nitrogen and oxygen atoms in total. The van der Waals surface area contributed by atoms with Crippen molar-refractivity contribution >= 4 is 5.91 Å². The summed E-state index contributed by atoms with van der Waals surface area (Å²) in [5, 5.41) is 13.3. The van der Waals surface area contributed by atoms with Gasteiger partial charge in [-0.2, -0.15) is 5.10 Å². The number of carbonyl (C=O) groups is 1. The molecule has 1 amide bonds. The van der Waals surface area contributed by atoms with Gasteiger partial charge in [0.05, 0.1) is 24.9 Å². The number of amides is 1. The Morgan fingerprint density at radius 2 is 1.96 bits per heavy atom. The van der Waals surface area contributed by atoms with Crippen molar-refractivity contribution in [2.75, 3.05) is 7.11 Å². The standard InChI is InChI=1S/C20H24N6O2/c1-5-25-11-17(13(2)23-25)19-22-21-18-12-24(20(27)14(3)26(18)19)10-15-6-8-16(28-4)9-7-15/h6-9,11,14H,5,10,12H2,1-4H3/t14-/m0/s1. The van der Waals surface area contributed by atoms with Crippen LogP contribution in [0.25, 0.3) is 11.4 Å². The van der Waals surface area contributed by atoms with E-state index in [9.17, 15) is 4.79 Å². The van der Waals surface area contributed by atoms with Gasteiger partial charge in [0.1, 0.15) is 11.8 Å². The van der Waals surface area contributed by atoms with Gasteiger partial charge in [-0.3, -0.25) is 14.0 Å². The van der Waals surface area contributed by atoms with E-state index >= 15 is 0 Å². The summed E-state index contributed by atoms with van der Waals surface area (Å²) in [7, 11) is 1.64. The lowest BCUT2D eigenvalue weighted by Gasteiger charge is -2.32. The quantitative estimate of drug-likeness (QED) is 0.680. The molecule has 0 fully saturated rings. The fraction of sp³-hybridized carbons (Fsp3) is 0.400. The summed E-state index contributed by atoms with van der Waals surface area (Å²) in [5.74, 6) is 2.36. The fourth-order valence-corrected chi connectivity index (χ4v) is 3.63. The Balaban J connectivity index is 1.62.